The third-order valence-corrected chi connectivity index (χ3v) is 2.92. The standard InChI is InChI=1S/C12H17I/c1-4-5-10-6-7-11(13)8-12(10)9(2)3/h6-9H,4-5H2,1-3H3. The zero-order valence-corrected chi connectivity index (χ0v) is 10.8. The summed E-state index contributed by atoms with van der Waals surface area (Å²) in [7, 11) is 0. The summed E-state index contributed by atoms with van der Waals surface area (Å²) in [4.78, 5) is 0. The quantitative estimate of drug-likeness (QED) is 0.725. The molecule has 0 atom stereocenters. The first-order valence-corrected chi connectivity index (χ1v) is 6.01. The van der Waals surface area contributed by atoms with Crippen molar-refractivity contribution in [2.24, 2.45) is 0 Å². The second-order valence-electron chi connectivity index (χ2n) is 3.75. The Kier molecular flexibility index (Phi) is 4.23. The van der Waals surface area contributed by atoms with E-state index in [0.717, 1.165) is 0 Å². The number of hydrogen-bond donors (Lipinski definition) is 0. The van der Waals surface area contributed by atoms with Gasteiger partial charge in [0.05, 0.1) is 0 Å². The van der Waals surface area contributed by atoms with Crippen LogP contribution in [0.1, 0.15) is 44.2 Å². The minimum absolute atomic E-state index is 0.649. The van der Waals surface area contributed by atoms with Gasteiger partial charge in [0.1, 0.15) is 0 Å². The Morgan fingerprint density at radius 2 is 2.00 bits per heavy atom. The smallest absolute Gasteiger partial charge is 0.0133 e. The lowest BCUT2D eigenvalue weighted by atomic mass is 9.95. The van der Waals surface area contributed by atoms with Gasteiger partial charge in [0.25, 0.3) is 0 Å². The van der Waals surface area contributed by atoms with Gasteiger partial charge in [-0.25, -0.2) is 0 Å². The summed E-state index contributed by atoms with van der Waals surface area (Å²) in [5, 5.41) is 0. The Morgan fingerprint density at radius 1 is 1.31 bits per heavy atom. The molecule has 0 radical (unpaired) electrons. The number of benzene rings is 1. The Hall–Kier alpha value is -0.0500. The van der Waals surface area contributed by atoms with E-state index in [1.54, 1.807) is 0 Å². The summed E-state index contributed by atoms with van der Waals surface area (Å²) in [5.41, 5.74) is 3.05. The predicted molar refractivity (Wildman–Crippen MR) is 67.2 cm³/mol. The maximum Gasteiger partial charge on any atom is 0.0133 e. The Labute approximate surface area is 94.9 Å². The van der Waals surface area contributed by atoms with Crippen molar-refractivity contribution in [2.75, 3.05) is 0 Å². The molecular weight excluding hydrogens is 271 g/mol. The summed E-state index contributed by atoms with van der Waals surface area (Å²) in [5.74, 6) is 0.649. The van der Waals surface area contributed by atoms with E-state index in [1.807, 2.05) is 0 Å². The minimum Gasteiger partial charge on any atom is -0.0651 e. The van der Waals surface area contributed by atoms with Crippen LogP contribution in [0, 0.1) is 3.57 Å². The van der Waals surface area contributed by atoms with Gasteiger partial charge in [-0.15, -0.1) is 0 Å². The molecule has 0 aliphatic heterocycles. The molecule has 0 nitrogen and oxygen atoms in total. The molecule has 0 aliphatic rings. The van der Waals surface area contributed by atoms with E-state index in [-0.39, 0.29) is 0 Å². The van der Waals surface area contributed by atoms with Crippen LogP contribution in [0.4, 0.5) is 0 Å². The van der Waals surface area contributed by atoms with Gasteiger partial charge in [-0.3, -0.25) is 0 Å². The van der Waals surface area contributed by atoms with Gasteiger partial charge in [-0.05, 0) is 58.2 Å². The largest absolute Gasteiger partial charge is 0.0651 e. The SMILES string of the molecule is CCCc1ccc(I)cc1C(C)C. The number of halogens is 1. The monoisotopic (exact) mass is 288 g/mol. The van der Waals surface area contributed by atoms with Gasteiger partial charge < -0.3 is 0 Å². The lowest BCUT2D eigenvalue weighted by Crippen LogP contribution is -1.96. The number of rotatable bonds is 3. The summed E-state index contributed by atoms with van der Waals surface area (Å²) in [6.07, 6.45) is 2.45. The predicted octanol–water partition coefficient (Wildman–Crippen LogP) is 4.37. The first-order chi connectivity index (χ1) is 6.15. The van der Waals surface area contributed by atoms with Crippen LogP contribution < -0.4 is 0 Å². The Morgan fingerprint density at radius 3 is 2.54 bits per heavy atom. The first-order valence-electron chi connectivity index (χ1n) is 4.93. The molecule has 1 aromatic rings. The maximum absolute atomic E-state index is 2.38. The molecule has 1 heteroatoms. The molecule has 1 rings (SSSR count). The van der Waals surface area contributed by atoms with Crippen molar-refractivity contribution < 1.29 is 0 Å². The second kappa shape index (κ2) is 4.99. The van der Waals surface area contributed by atoms with Crippen LogP contribution in [-0.4, -0.2) is 0 Å². The fraction of sp³-hybridized carbons (Fsp3) is 0.500. The summed E-state index contributed by atoms with van der Waals surface area (Å²) >= 11 is 2.38. The van der Waals surface area contributed by atoms with E-state index >= 15 is 0 Å². The number of hydrogen-bond acceptors (Lipinski definition) is 0. The normalized spacial score (nSPS) is 10.8. The number of aryl methyl sites for hydroxylation is 1. The van der Waals surface area contributed by atoms with Gasteiger partial charge in [0.2, 0.25) is 0 Å². The van der Waals surface area contributed by atoms with Crippen molar-refractivity contribution in [3.05, 3.63) is 32.9 Å². The Bertz CT molecular complexity index is 276. The van der Waals surface area contributed by atoms with Crippen LogP contribution >= 0.6 is 22.6 Å². The van der Waals surface area contributed by atoms with E-state index in [0.29, 0.717) is 5.92 Å². The van der Waals surface area contributed by atoms with Crippen molar-refractivity contribution >= 4 is 22.6 Å². The maximum atomic E-state index is 2.38. The molecule has 13 heavy (non-hydrogen) atoms. The Balaban J connectivity index is 3.03. The lowest BCUT2D eigenvalue weighted by molar-refractivity contribution is 0.819. The van der Waals surface area contributed by atoms with Gasteiger partial charge in [0, 0.05) is 3.57 Å². The highest BCUT2D eigenvalue weighted by atomic mass is 127. The van der Waals surface area contributed by atoms with Crippen LogP contribution in [0.3, 0.4) is 0 Å². The van der Waals surface area contributed by atoms with Crippen LogP contribution in [0.2, 0.25) is 0 Å². The van der Waals surface area contributed by atoms with Gasteiger partial charge >= 0.3 is 0 Å². The molecule has 0 aliphatic carbocycles. The fourth-order valence-electron chi connectivity index (χ4n) is 1.60. The van der Waals surface area contributed by atoms with Crippen molar-refractivity contribution in [2.45, 2.75) is 39.5 Å². The van der Waals surface area contributed by atoms with E-state index in [4.69, 9.17) is 0 Å². The van der Waals surface area contributed by atoms with Gasteiger partial charge in [-0.1, -0.05) is 33.3 Å². The lowest BCUT2D eigenvalue weighted by Gasteiger charge is -2.12. The summed E-state index contributed by atoms with van der Waals surface area (Å²) in [6, 6.07) is 6.80. The zero-order chi connectivity index (χ0) is 9.84. The second-order valence-corrected chi connectivity index (χ2v) is 4.99. The average Bonchev–Trinajstić information content (AvgIpc) is 2.08. The molecule has 0 spiro atoms. The van der Waals surface area contributed by atoms with E-state index in [9.17, 15) is 0 Å². The van der Waals surface area contributed by atoms with Crippen LogP contribution in [0.5, 0.6) is 0 Å². The molecule has 0 amide bonds. The third kappa shape index (κ3) is 2.97. The molecule has 1 aromatic carbocycles. The zero-order valence-electron chi connectivity index (χ0n) is 8.60. The van der Waals surface area contributed by atoms with Gasteiger partial charge in [-0.2, -0.15) is 0 Å². The molecule has 0 unspecified atom stereocenters. The molecule has 0 saturated heterocycles. The molecule has 0 heterocycles. The highest BCUT2D eigenvalue weighted by molar-refractivity contribution is 14.1. The highest BCUT2D eigenvalue weighted by Gasteiger charge is 2.05. The van der Waals surface area contributed by atoms with Crippen molar-refractivity contribution in [1.29, 1.82) is 0 Å². The van der Waals surface area contributed by atoms with Crippen LogP contribution in [-0.2, 0) is 6.42 Å². The van der Waals surface area contributed by atoms with E-state index < -0.39 is 0 Å². The van der Waals surface area contributed by atoms with Gasteiger partial charge in [0.15, 0.2) is 0 Å². The molecule has 0 bridgehead atoms. The van der Waals surface area contributed by atoms with Crippen LogP contribution in [0.25, 0.3) is 0 Å². The topological polar surface area (TPSA) is 0 Å². The van der Waals surface area contributed by atoms with Crippen molar-refractivity contribution in [1.82, 2.24) is 0 Å². The summed E-state index contributed by atoms with van der Waals surface area (Å²) < 4.78 is 1.35. The molecular formula is C12H17I. The van der Waals surface area contributed by atoms with E-state index in [2.05, 4.69) is 61.6 Å². The summed E-state index contributed by atoms with van der Waals surface area (Å²) in [6.45, 7) is 6.78. The molecule has 0 aromatic heterocycles. The average molecular weight is 288 g/mol. The van der Waals surface area contributed by atoms with Crippen LogP contribution in [0.15, 0.2) is 18.2 Å². The molecule has 0 fully saturated rings. The fourth-order valence-corrected chi connectivity index (χ4v) is 2.12. The third-order valence-electron chi connectivity index (χ3n) is 2.25. The first kappa shape index (κ1) is 11.0. The molecule has 72 valence electrons. The highest BCUT2D eigenvalue weighted by Crippen LogP contribution is 2.22. The van der Waals surface area contributed by atoms with E-state index in [1.165, 1.54) is 27.5 Å². The minimum atomic E-state index is 0.649. The van der Waals surface area contributed by atoms with Crippen molar-refractivity contribution in [3.63, 3.8) is 0 Å². The van der Waals surface area contributed by atoms with Crippen molar-refractivity contribution in [3.8, 4) is 0 Å². The molecule has 0 N–H and O–H groups in total. The molecule has 0 saturated carbocycles.